The SMILES string of the molecule is CC(=O)O[C@@]12CC[C@@H]1C[C@H](O)[C@@]1(C)C(=O)[C@H](O)C3=C(C)[C@@H](OC(=O)[C@H](OC(=O)OC(C)C)[C@@H](NC(=O)OC(C)(C)C)c4ccccc4)C[C@@](O)(C(OC(=O)c4ccccc4)C12)C3(C)C. The molecule has 3 saturated carbocycles. The molecule has 2 aromatic rings. The lowest BCUT2D eigenvalue weighted by Gasteiger charge is -2.68. The summed E-state index contributed by atoms with van der Waals surface area (Å²) in [6.07, 6.45) is -11.5. The van der Waals surface area contributed by atoms with Gasteiger partial charge in [-0.25, -0.2) is 19.2 Å². The lowest BCUT2D eigenvalue weighted by Crippen LogP contribution is -2.78. The number of rotatable bonds is 10. The van der Waals surface area contributed by atoms with Crippen molar-refractivity contribution in [1.82, 2.24) is 5.32 Å². The second kappa shape index (κ2) is 17.6. The van der Waals surface area contributed by atoms with Crippen LogP contribution in [0.2, 0.25) is 0 Å². The van der Waals surface area contributed by atoms with Gasteiger partial charge >= 0.3 is 30.2 Å². The Bertz CT molecular complexity index is 2160. The van der Waals surface area contributed by atoms with Crippen LogP contribution in [-0.2, 0) is 42.8 Å². The Morgan fingerprint density at radius 3 is 2.05 bits per heavy atom. The molecule has 1 amide bonds. The highest BCUT2D eigenvalue weighted by Crippen LogP contribution is 2.67. The molecule has 0 saturated heterocycles. The monoisotopic (exact) mass is 891 g/mol. The molecule has 2 aromatic carbocycles. The summed E-state index contributed by atoms with van der Waals surface area (Å²) in [5, 5.41) is 40.7. The van der Waals surface area contributed by atoms with Crippen LogP contribution in [0.1, 0.15) is 117 Å². The summed E-state index contributed by atoms with van der Waals surface area (Å²) in [4.78, 5) is 83.9. The van der Waals surface area contributed by atoms with E-state index in [0.717, 1.165) is 0 Å². The molecule has 0 radical (unpaired) electrons. The van der Waals surface area contributed by atoms with Crippen LogP contribution in [0.5, 0.6) is 0 Å². The third kappa shape index (κ3) is 8.63. The molecule has 0 aliphatic heterocycles. The van der Waals surface area contributed by atoms with Gasteiger partial charge in [-0.1, -0.05) is 62.4 Å². The largest absolute Gasteiger partial charge is 0.509 e. The van der Waals surface area contributed by atoms with E-state index in [2.05, 4.69) is 5.32 Å². The molecule has 2 bridgehead atoms. The minimum absolute atomic E-state index is 0.0126. The lowest BCUT2D eigenvalue weighted by atomic mass is 9.41. The average molecular weight is 892 g/mol. The highest BCUT2D eigenvalue weighted by atomic mass is 16.7. The standard InChI is InChI=1S/C48H61NO15/c1-25(2)59-43(57)61-36(34(28-17-13-11-14-18-28)49-42(56)64-44(5,6)7)41(55)60-31-24-48(58)39(62-40(54)29-19-15-12-16-20-29)37-46(10,38(53)35(52)33(26(31)3)45(48,8)9)32(51)23-30-21-22-47(30,37)63-27(4)50/h11-20,25,30-32,34-37,39,51-52,58H,21-24H2,1-10H3,(H,49,56)/t30-,31+,32+,34+,35-,36-,37?,39?,46-,47+,48-/m1/s1. The molecule has 11 atom stereocenters. The number of hydrogen-bond donors (Lipinski definition) is 4. The first kappa shape index (κ1) is 48.1. The van der Waals surface area contributed by atoms with Gasteiger partial charge in [0.25, 0.3) is 0 Å². The predicted octanol–water partition coefficient (Wildman–Crippen LogP) is 5.84. The predicted molar refractivity (Wildman–Crippen MR) is 227 cm³/mol. The van der Waals surface area contributed by atoms with Crippen molar-refractivity contribution in [2.45, 2.75) is 154 Å². The van der Waals surface area contributed by atoms with E-state index in [1.54, 1.807) is 97.0 Å². The number of ketones is 1. The Morgan fingerprint density at radius 1 is 0.891 bits per heavy atom. The van der Waals surface area contributed by atoms with E-state index in [9.17, 15) is 39.3 Å². The van der Waals surface area contributed by atoms with Crippen LogP contribution in [0.3, 0.4) is 0 Å². The molecule has 348 valence electrons. The van der Waals surface area contributed by atoms with Crippen LogP contribution in [0.4, 0.5) is 9.59 Å². The number of nitrogens with one attached hydrogen (secondary N) is 1. The zero-order chi connectivity index (χ0) is 47.3. The molecule has 3 fully saturated rings. The van der Waals surface area contributed by atoms with Crippen LogP contribution in [-0.4, -0.2) is 105 Å². The molecule has 16 nitrogen and oxygen atoms in total. The zero-order valence-electron chi connectivity index (χ0n) is 38.0. The van der Waals surface area contributed by atoms with Gasteiger partial charge in [0.2, 0.25) is 6.10 Å². The van der Waals surface area contributed by atoms with E-state index in [1.807, 2.05) is 0 Å². The lowest BCUT2D eigenvalue weighted by molar-refractivity contribution is -0.296. The summed E-state index contributed by atoms with van der Waals surface area (Å²) in [5.41, 5.74) is -8.06. The Hall–Kier alpha value is -5.32. The zero-order valence-corrected chi connectivity index (χ0v) is 38.0. The van der Waals surface area contributed by atoms with Gasteiger partial charge in [0.1, 0.15) is 41.2 Å². The molecule has 4 aliphatic rings. The maximum atomic E-state index is 15.2. The topological polar surface area (TPSA) is 231 Å². The summed E-state index contributed by atoms with van der Waals surface area (Å²) < 4.78 is 35.2. The number of ether oxygens (including phenoxy) is 6. The fraction of sp³-hybridized carbons (Fsp3) is 0.583. The number of hydrogen-bond acceptors (Lipinski definition) is 15. The van der Waals surface area contributed by atoms with E-state index < -0.39 is 124 Å². The molecule has 0 spiro atoms. The smallest absolute Gasteiger partial charge is 0.458 e. The molecule has 16 heteroatoms. The molecule has 0 heterocycles. The third-order valence-electron chi connectivity index (χ3n) is 13.7. The molecular weight excluding hydrogens is 831 g/mol. The number of aliphatic hydroxyl groups excluding tert-OH is 2. The number of Topliss-reactive ketones (excluding diaryl/α,β-unsaturated/α-hetero) is 1. The maximum Gasteiger partial charge on any atom is 0.509 e. The van der Waals surface area contributed by atoms with E-state index in [1.165, 1.54) is 32.9 Å². The van der Waals surface area contributed by atoms with Gasteiger partial charge in [0.05, 0.1) is 29.1 Å². The Morgan fingerprint density at radius 2 is 1.50 bits per heavy atom. The van der Waals surface area contributed by atoms with Crippen molar-refractivity contribution < 1.29 is 72.5 Å². The van der Waals surface area contributed by atoms with Gasteiger partial charge in [-0.2, -0.15) is 0 Å². The summed E-state index contributed by atoms with van der Waals surface area (Å²) in [6, 6.07) is 14.6. The molecular formula is C48H61NO15. The van der Waals surface area contributed by atoms with E-state index in [0.29, 0.717) is 12.0 Å². The fourth-order valence-corrected chi connectivity index (χ4v) is 10.5. The van der Waals surface area contributed by atoms with Gasteiger partial charge in [0.15, 0.2) is 5.78 Å². The summed E-state index contributed by atoms with van der Waals surface area (Å²) in [7, 11) is 0. The quantitative estimate of drug-likeness (QED) is 0.125. The highest BCUT2D eigenvalue weighted by Gasteiger charge is 2.77. The summed E-state index contributed by atoms with van der Waals surface area (Å²) in [5.74, 6) is -5.70. The number of carbonyl (C=O) groups excluding carboxylic acids is 6. The molecule has 64 heavy (non-hydrogen) atoms. The number of aliphatic hydroxyl groups is 3. The fourth-order valence-electron chi connectivity index (χ4n) is 10.5. The Kier molecular flexibility index (Phi) is 13.2. The van der Waals surface area contributed by atoms with Crippen LogP contribution in [0.25, 0.3) is 0 Å². The van der Waals surface area contributed by atoms with Crippen molar-refractivity contribution in [2.75, 3.05) is 0 Å². The van der Waals surface area contributed by atoms with Crippen molar-refractivity contribution >= 4 is 35.9 Å². The molecule has 0 aromatic heterocycles. The average Bonchev–Trinajstić information content (AvgIpc) is 3.20. The van der Waals surface area contributed by atoms with Crippen molar-refractivity contribution in [3.8, 4) is 0 Å². The summed E-state index contributed by atoms with van der Waals surface area (Å²) >= 11 is 0. The van der Waals surface area contributed by atoms with Gasteiger partial charge in [0, 0.05) is 24.7 Å². The molecule has 4 aliphatic carbocycles. The van der Waals surface area contributed by atoms with Gasteiger partial charge < -0.3 is 49.1 Å². The Labute approximate surface area is 372 Å². The number of esters is 3. The van der Waals surface area contributed by atoms with Crippen LogP contribution in [0.15, 0.2) is 71.8 Å². The minimum atomic E-state index is -2.37. The normalized spacial score (nSPS) is 31.6. The number of amides is 1. The van der Waals surface area contributed by atoms with Gasteiger partial charge in [-0.15, -0.1) is 0 Å². The number of fused-ring (bicyclic) bond motifs is 5. The number of benzene rings is 2. The molecule has 6 rings (SSSR count). The summed E-state index contributed by atoms with van der Waals surface area (Å²) in [6.45, 7) is 15.3. The Balaban J connectivity index is 1.53. The van der Waals surface area contributed by atoms with Crippen molar-refractivity contribution in [2.24, 2.45) is 22.7 Å². The van der Waals surface area contributed by atoms with E-state index in [-0.39, 0.29) is 29.6 Å². The van der Waals surface area contributed by atoms with Crippen molar-refractivity contribution in [1.29, 1.82) is 0 Å². The van der Waals surface area contributed by atoms with Gasteiger partial charge in [-0.05, 0) is 96.6 Å². The minimum Gasteiger partial charge on any atom is -0.458 e. The third-order valence-corrected chi connectivity index (χ3v) is 13.7. The first-order valence-corrected chi connectivity index (χ1v) is 21.7. The maximum absolute atomic E-state index is 15.2. The second-order valence-electron chi connectivity index (χ2n) is 19.5. The number of carbonyl (C=O) groups is 6. The first-order valence-electron chi connectivity index (χ1n) is 21.7. The highest BCUT2D eigenvalue weighted by molar-refractivity contribution is 5.94. The van der Waals surface area contributed by atoms with Crippen molar-refractivity contribution in [3.63, 3.8) is 0 Å². The molecule has 2 unspecified atom stereocenters. The van der Waals surface area contributed by atoms with Crippen LogP contribution >= 0.6 is 0 Å². The van der Waals surface area contributed by atoms with Crippen LogP contribution < -0.4 is 5.32 Å². The second-order valence-corrected chi connectivity index (χ2v) is 19.5. The van der Waals surface area contributed by atoms with Gasteiger partial charge in [-0.3, -0.25) is 9.59 Å². The van der Waals surface area contributed by atoms with E-state index >= 15 is 4.79 Å². The first-order chi connectivity index (χ1) is 29.8. The van der Waals surface area contributed by atoms with Crippen LogP contribution in [0, 0.1) is 22.7 Å². The van der Waals surface area contributed by atoms with E-state index in [4.69, 9.17) is 28.4 Å². The number of alkyl carbamates (subject to hydrolysis) is 1. The van der Waals surface area contributed by atoms with Crippen molar-refractivity contribution in [3.05, 3.63) is 82.9 Å². The molecule has 4 N–H and O–H groups in total.